The molecule has 0 aromatic rings. The molecule has 15 heavy (non-hydrogen) atoms. The average Bonchev–Trinajstić information content (AvgIpc) is 2.19. The molecule has 0 radical (unpaired) electrons. The third-order valence-corrected chi connectivity index (χ3v) is 2.92. The summed E-state index contributed by atoms with van der Waals surface area (Å²) in [4.78, 5) is 25.2. The SMILES string of the molecule is CCN(C(C)=O)C1CCN(C(=O)O)CC1. The van der Waals surface area contributed by atoms with Gasteiger partial charge in [-0.2, -0.15) is 0 Å². The van der Waals surface area contributed by atoms with Gasteiger partial charge < -0.3 is 14.9 Å². The molecular weight excluding hydrogens is 196 g/mol. The monoisotopic (exact) mass is 214 g/mol. The molecule has 1 N–H and O–H groups in total. The van der Waals surface area contributed by atoms with Crippen molar-refractivity contribution in [1.82, 2.24) is 9.80 Å². The number of nitrogens with zero attached hydrogens (tertiary/aromatic N) is 2. The Bertz CT molecular complexity index is 247. The summed E-state index contributed by atoms with van der Waals surface area (Å²) in [6.45, 7) is 5.28. The largest absolute Gasteiger partial charge is 0.465 e. The summed E-state index contributed by atoms with van der Waals surface area (Å²) in [5.41, 5.74) is 0. The molecule has 1 aliphatic heterocycles. The summed E-state index contributed by atoms with van der Waals surface area (Å²) in [6, 6.07) is 0.211. The summed E-state index contributed by atoms with van der Waals surface area (Å²) >= 11 is 0. The van der Waals surface area contributed by atoms with Gasteiger partial charge in [-0.3, -0.25) is 4.79 Å². The van der Waals surface area contributed by atoms with Crippen molar-refractivity contribution in [2.45, 2.75) is 32.7 Å². The van der Waals surface area contributed by atoms with Gasteiger partial charge in [0, 0.05) is 32.6 Å². The Labute approximate surface area is 89.7 Å². The molecule has 1 aliphatic rings. The Balaban J connectivity index is 2.49. The highest BCUT2D eigenvalue weighted by atomic mass is 16.4. The molecular formula is C10H18N2O3. The molecule has 5 nitrogen and oxygen atoms in total. The number of amides is 2. The summed E-state index contributed by atoms with van der Waals surface area (Å²) in [5.74, 6) is 0.0753. The number of hydrogen-bond acceptors (Lipinski definition) is 2. The van der Waals surface area contributed by atoms with E-state index in [1.165, 1.54) is 4.90 Å². The predicted octanol–water partition coefficient (Wildman–Crippen LogP) is 0.997. The van der Waals surface area contributed by atoms with Crippen LogP contribution in [0.4, 0.5) is 4.79 Å². The van der Waals surface area contributed by atoms with Gasteiger partial charge in [0.2, 0.25) is 5.91 Å². The molecule has 1 fully saturated rings. The molecule has 0 unspecified atom stereocenters. The molecule has 1 rings (SSSR count). The van der Waals surface area contributed by atoms with E-state index >= 15 is 0 Å². The number of likely N-dealkylation sites (tertiary alicyclic amines) is 1. The molecule has 86 valence electrons. The quantitative estimate of drug-likeness (QED) is 0.746. The molecule has 0 aromatic heterocycles. The molecule has 1 heterocycles. The molecule has 0 aromatic carbocycles. The normalized spacial score (nSPS) is 17.6. The van der Waals surface area contributed by atoms with Crippen LogP contribution in [0.1, 0.15) is 26.7 Å². The van der Waals surface area contributed by atoms with Gasteiger partial charge in [0.25, 0.3) is 0 Å². The highest BCUT2D eigenvalue weighted by Crippen LogP contribution is 2.16. The number of carbonyl (C=O) groups is 2. The van der Waals surface area contributed by atoms with Gasteiger partial charge in [0.1, 0.15) is 0 Å². The van der Waals surface area contributed by atoms with Crippen molar-refractivity contribution in [1.29, 1.82) is 0 Å². The standard InChI is InChI=1S/C10H18N2O3/c1-3-12(8(2)13)9-4-6-11(7-5-9)10(14)15/h9H,3-7H2,1-2H3,(H,14,15). The zero-order chi connectivity index (χ0) is 11.4. The number of rotatable bonds is 2. The van der Waals surface area contributed by atoms with Crippen LogP contribution >= 0.6 is 0 Å². The van der Waals surface area contributed by atoms with Crippen LogP contribution in [0, 0.1) is 0 Å². The van der Waals surface area contributed by atoms with Crippen LogP contribution in [0.3, 0.4) is 0 Å². The van der Waals surface area contributed by atoms with Crippen molar-refractivity contribution >= 4 is 12.0 Å². The fraction of sp³-hybridized carbons (Fsp3) is 0.800. The van der Waals surface area contributed by atoms with E-state index in [1.54, 1.807) is 6.92 Å². The van der Waals surface area contributed by atoms with Crippen molar-refractivity contribution < 1.29 is 14.7 Å². The summed E-state index contributed by atoms with van der Waals surface area (Å²) in [5, 5.41) is 8.77. The number of carbonyl (C=O) groups excluding carboxylic acids is 1. The Kier molecular flexibility index (Phi) is 3.94. The molecule has 0 saturated carbocycles. The van der Waals surface area contributed by atoms with Gasteiger partial charge >= 0.3 is 6.09 Å². The van der Waals surface area contributed by atoms with Crippen molar-refractivity contribution in [2.24, 2.45) is 0 Å². The van der Waals surface area contributed by atoms with E-state index in [0.717, 1.165) is 12.8 Å². The summed E-state index contributed by atoms with van der Waals surface area (Å²) in [7, 11) is 0. The number of piperidine rings is 1. The van der Waals surface area contributed by atoms with Crippen LogP contribution in [-0.4, -0.2) is 52.6 Å². The highest BCUT2D eigenvalue weighted by molar-refractivity contribution is 5.73. The topological polar surface area (TPSA) is 60.9 Å². The third-order valence-electron chi connectivity index (χ3n) is 2.92. The second-order valence-electron chi connectivity index (χ2n) is 3.81. The summed E-state index contributed by atoms with van der Waals surface area (Å²) < 4.78 is 0. The van der Waals surface area contributed by atoms with Gasteiger partial charge in [-0.05, 0) is 19.8 Å². The zero-order valence-electron chi connectivity index (χ0n) is 9.27. The Morgan fingerprint density at radius 3 is 2.27 bits per heavy atom. The van der Waals surface area contributed by atoms with Gasteiger partial charge in [-0.15, -0.1) is 0 Å². The fourth-order valence-corrected chi connectivity index (χ4v) is 2.11. The third kappa shape index (κ3) is 2.84. The number of hydrogen-bond donors (Lipinski definition) is 1. The van der Waals surface area contributed by atoms with Crippen LogP contribution < -0.4 is 0 Å². The first-order valence-electron chi connectivity index (χ1n) is 5.31. The number of carboxylic acid groups (broad SMARTS) is 1. The highest BCUT2D eigenvalue weighted by Gasteiger charge is 2.26. The van der Waals surface area contributed by atoms with Gasteiger partial charge in [-0.25, -0.2) is 4.79 Å². The Morgan fingerprint density at radius 1 is 1.40 bits per heavy atom. The van der Waals surface area contributed by atoms with Crippen LogP contribution in [0.25, 0.3) is 0 Å². The molecule has 0 spiro atoms. The van der Waals surface area contributed by atoms with Gasteiger partial charge in [-0.1, -0.05) is 0 Å². The van der Waals surface area contributed by atoms with Crippen molar-refractivity contribution in [3.63, 3.8) is 0 Å². The first-order chi connectivity index (χ1) is 7.06. The van der Waals surface area contributed by atoms with Crippen molar-refractivity contribution in [3.05, 3.63) is 0 Å². The van der Waals surface area contributed by atoms with Crippen LogP contribution in [0.15, 0.2) is 0 Å². The second-order valence-corrected chi connectivity index (χ2v) is 3.81. The lowest BCUT2D eigenvalue weighted by atomic mass is 10.0. The Morgan fingerprint density at radius 2 is 1.93 bits per heavy atom. The molecule has 0 bridgehead atoms. The molecule has 0 aliphatic carbocycles. The van der Waals surface area contributed by atoms with Gasteiger partial charge in [0.05, 0.1) is 0 Å². The van der Waals surface area contributed by atoms with Crippen molar-refractivity contribution in [3.8, 4) is 0 Å². The first kappa shape index (κ1) is 11.8. The van der Waals surface area contributed by atoms with Crippen LogP contribution in [-0.2, 0) is 4.79 Å². The first-order valence-corrected chi connectivity index (χ1v) is 5.31. The van der Waals surface area contributed by atoms with Crippen LogP contribution in [0.2, 0.25) is 0 Å². The van der Waals surface area contributed by atoms with E-state index in [-0.39, 0.29) is 11.9 Å². The molecule has 5 heteroatoms. The van der Waals surface area contributed by atoms with Crippen LogP contribution in [0.5, 0.6) is 0 Å². The van der Waals surface area contributed by atoms with E-state index in [4.69, 9.17) is 5.11 Å². The second kappa shape index (κ2) is 5.00. The average molecular weight is 214 g/mol. The lowest BCUT2D eigenvalue weighted by molar-refractivity contribution is -0.131. The maximum Gasteiger partial charge on any atom is 0.407 e. The zero-order valence-corrected chi connectivity index (χ0v) is 9.27. The van der Waals surface area contributed by atoms with E-state index in [1.807, 2.05) is 11.8 Å². The molecule has 0 atom stereocenters. The minimum atomic E-state index is -0.862. The molecule has 2 amide bonds. The lowest BCUT2D eigenvalue weighted by Gasteiger charge is -2.36. The minimum absolute atomic E-state index is 0.0753. The predicted molar refractivity (Wildman–Crippen MR) is 55.7 cm³/mol. The van der Waals surface area contributed by atoms with E-state index < -0.39 is 6.09 Å². The summed E-state index contributed by atoms with van der Waals surface area (Å²) in [6.07, 6.45) is 0.638. The minimum Gasteiger partial charge on any atom is -0.465 e. The van der Waals surface area contributed by atoms with E-state index in [0.29, 0.717) is 19.6 Å². The maximum absolute atomic E-state index is 11.3. The van der Waals surface area contributed by atoms with E-state index in [2.05, 4.69) is 0 Å². The fourth-order valence-electron chi connectivity index (χ4n) is 2.11. The maximum atomic E-state index is 11.3. The molecule has 1 saturated heterocycles. The lowest BCUT2D eigenvalue weighted by Crippen LogP contribution is -2.47. The van der Waals surface area contributed by atoms with E-state index in [9.17, 15) is 9.59 Å². The Hall–Kier alpha value is -1.26. The van der Waals surface area contributed by atoms with Crippen molar-refractivity contribution in [2.75, 3.05) is 19.6 Å². The van der Waals surface area contributed by atoms with Gasteiger partial charge in [0.15, 0.2) is 0 Å². The smallest absolute Gasteiger partial charge is 0.407 e.